The second-order valence-corrected chi connectivity index (χ2v) is 14.5. The van der Waals surface area contributed by atoms with E-state index in [-0.39, 0.29) is 18.7 Å². The Morgan fingerprint density at radius 2 is 0.796 bits per heavy atom. The van der Waals surface area contributed by atoms with Crippen molar-refractivity contribution in [2.75, 3.05) is 52.5 Å². The third-order valence-corrected chi connectivity index (χ3v) is 9.66. The molecule has 0 unspecified atom stereocenters. The molecule has 292 valence electrons. The number of esters is 1. The molecule has 0 spiro atoms. The van der Waals surface area contributed by atoms with Crippen molar-refractivity contribution in [3.8, 4) is 0 Å². The Morgan fingerprint density at radius 3 is 1.29 bits per heavy atom. The molecule has 1 N–H and O–H groups in total. The highest BCUT2D eigenvalue weighted by Crippen LogP contribution is 2.12. The van der Waals surface area contributed by atoms with Gasteiger partial charge in [0.2, 0.25) is 0 Å². The van der Waals surface area contributed by atoms with E-state index in [0.29, 0.717) is 19.6 Å². The molecule has 7 heteroatoms. The molecule has 0 radical (unpaired) electrons. The fraction of sp³-hybridized carbons (Fsp3) is 0.952. The normalized spacial score (nSPS) is 11.4. The second kappa shape index (κ2) is 39.4. The highest BCUT2D eigenvalue weighted by atomic mass is 16.6. The van der Waals surface area contributed by atoms with Gasteiger partial charge >= 0.3 is 12.1 Å². The lowest BCUT2D eigenvalue weighted by molar-refractivity contribution is -0.143. The van der Waals surface area contributed by atoms with E-state index in [1.807, 2.05) is 4.90 Å². The highest BCUT2D eigenvalue weighted by molar-refractivity contribution is 5.69. The quantitative estimate of drug-likeness (QED) is 0.0509. The van der Waals surface area contributed by atoms with Crippen LogP contribution < -0.4 is 0 Å². The molecule has 0 saturated carbocycles. The summed E-state index contributed by atoms with van der Waals surface area (Å²) < 4.78 is 11.2. The first-order valence-corrected chi connectivity index (χ1v) is 21.5. The zero-order valence-corrected chi connectivity index (χ0v) is 33.1. The zero-order chi connectivity index (χ0) is 35.9. The van der Waals surface area contributed by atoms with Crippen molar-refractivity contribution in [3.05, 3.63) is 0 Å². The summed E-state index contributed by atoms with van der Waals surface area (Å²) >= 11 is 0. The second-order valence-electron chi connectivity index (χ2n) is 14.5. The molecule has 0 heterocycles. The minimum absolute atomic E-state index is 0.0274. The van der Waals surface area contributed by atoms with Crippen LogP contribution >= 0.6 is 0 Å². The standard InChI is InChI=1S/C42H84N2O5/c1-4-7-10-13-15-17-23-32-41(46)48-39-30-21-19-24-33-43(35-28-29-38-45)34-25-20-22-31-40-49-42(47)44(36-26-12-9-6-3)37-27-18-16-14-11-8-5-2/h45H,4-40H2,1-3H3. The first-order valence-electron chi connectivity index (χ1n) is 21.5. The van der Waals surface area contributed by atoms with Crippen LogP contribution in [-0.4, -0.2) is 79.5 Å². The molecule has 0 aliphatic carbocycles. The molecule has 0 aliphatic heterocycles. The summed E-state index contributed by atoms with van der Waals surface area (Å²) in [5.41, 5.74) is 0. The van der Waals surface area contributed by atoms with Crippen molar-refractivity contribution < 1.29 is 24.2 Å². The maximum atomic E-state index is 12.9. The van der Waals surface area contributed by atoms with Gasteiger partial charge in [0.05, 0.1) is 13.2 Å². The zero-order valence-electron chi connectivity index (χ0n) is 33.1. The van der Waals surface area contributed by atoms with Gasteiger partial charge in [-0.15, -0.1) is 0 Å². The van der Waals surface area contributed by atoms with Crippen LogP contribution in [0.2, 0.25) is 0 Å². The van der Waals surface area contributed by atoms with Gasteiger partial charge in [0.15, 0.2) is 0 Å². The van der Waals surface area contributed by atoms with E-state index >= 15 is 0 Å². The van der Waals surface area contributed by atoms with Gasteiger partial charge < -0.3 is 24.4 Å². The van der Waals surface area contributed by atoms with Crippen molar-refractivity contribution in [3.63, 3.8) is 0 Å². The molecule has 0 aromatic carbocycles. The number of carbonyl (C=O) groups excluding carboxylic acids is 2. The smallest absolute Gasteiger partial charge is 0.409 e. The van der Waals surface area contributed by atoms with Crippen LogP contribution in [0.25, 0.3) is 0 Å². The van der Waals surface area contributed by atoms with E-state index in [4.69, 9.17) is 9.47 Å². The first-order chi connectivity index (χ1) is 24.1. The number of unbranched alkanes of at least 4 members (excludes halogenated alkanes) is 22. The Kier molecular flexibility index (Phi) is 38.4. The molecule has 0 aliphatic rings. The summed E-state index contributed by atoms with van der Waals surface area (Å²) in [6.45, 7) is 12.9. The van der Waals surface area contributed by atoms with Crippen molar-refractivity contribution in [1.29, 1.82) is 0 Å². The van der Waals surface area contributed by atoms with Crippen LogP contribution in [-0.2, 0) is 14.3 Å². The predicted molar refractivity (Wildman–Crippen MR) is 208 cm³/mol. The Morgan fingerprint density at radius 1 is 0.429 bits per heavy atom. The van der Waals surface area contributed by atoms with E-state index in [9.17, 15) is 14.7 Å². The van der Waals surface area contributed by atoms with E-state index in [1.54, 1.807) is 0 Å². The molecule has 0 bridgehead atoms. The Balaban J connectivity index is 4.10. The monoisotopic (exact) mass is 697 g/mol. The van der Waals surface area contributed by atoms with Gasteiger partial charge in [0.1, 0.15) is 0 Å². The largest absolute Gasteiger partial charge is 0.466 e. The van der Waals surface area contributed by atoms with Gasteiger partial charge in [-0.1, -0.05) is 143 Å². The number of aliphatic hydroxyl groups excluding tert-OH is 1. The lowest BCUT2D eigenvalue weighted by Gasteiger charge is -2.23. The summed E-state index contributed by atoms with van der Waals surface area (Å²) in [4.78, 5) is 29.4. The molecule has 49 heavy (non-hydrogen) atoms. The molecular formula is C42H84N2O5. The molecule has 1 amide bonds. The van der Waals surface area contributed by atoms with Crippen molar-refractivity contribution >= 4 is 12.1 Å². The van der Waals surface area contributed by atoms with Crippen LogP contribution in [0.4, 0.5) is 4.79 Å². The van der Waals surface area contributed by atoms with E-state index in [0.717, 1.165) is 123 Å². The highest BCUT2D eigenvalue weighted by Gasteiger charge is 2.14. The number of rotatable bonds is 39. The van der Waals surface area contributed by atoms with Crippen LogP contribution in [0.5, 0.6) is 0 Å². The van der Waals surface area contributed by atoms with Gasteiger partial charge in [-0.05, 0) is 77.4 Å². The van der Waals surface area contributed by atoms with Crippen molar-refractivity contribution in [1.82, 2.24) is 9.80 Å². The average molecular weight is 697 g/mol. The van der Waals surface area contributed by atoms with Gasteiger partial charge in [-0.25, -0.2) is 4.79 Å². The molecule has 0 fully saturated rings. The molecule has 0 atom stereocenters. The van der Waals surface area contributed by atoms with Gasteiger partial charge in [0, 0.05) is 26.1 Å². The maximum absolute atomic E-state index is 12.9. The van der Waals surface area contributed by atoms with Crippen molar-refractivity contribution in [2.45, 2.75) is 207 Å². The third kappa shape index (κ3) is 34.9. The van der Waals surface area contributed by atoms with E-state index in [1.165, 1.54) is 89.9 Å². The summed E-state index contributed by atoms with van der Waals surface area (Å²) in [5.74, 6) is -0.0274. The molecule has 0 aromatic rings. The number of hydrogen-bond donors (Lipinski definition) is 1. The van der Waals surface area contributed by atoms with Crippen molar-refractivity contribution in [2.24, 2.45) is 0 Å². The van der Waals surface area contributed by atoms with Crippen LogP contribution in [0.3, 0.4) is 0 Å². The lowest BCUT2D eigenvalue weighted by Crippen LogP contribution is -2.33. The Hall–Kier alpha value is -1.34. The average Bonchev–Trinajstić information content (AvgIpc) is 3.10. The molecule has 0 saturated heterocycles. The predicted octanol–water partition coefficient (Wildman–Crippen LogP) is 11.6. The fourth-order valence-electron chi connectivity index (χ4n) is 6.38. The number of hydrogen-bond acceptors (Lipinski definition) is 6. The van der Waals surface area contributed by atoms with Gasteiger partial charge in [0.25, 0.3) is 0 Å². The Labute approximate surface area is 305 Å². The SMILES string of the molecule is CCCCCCCCCC(=O)OCCCCCCN(CCCCO)CCCCCCOC(=O)N(CCCCCC)CCCCCCCCC. The first kappa shape index (κ1) is 47.7. The molecule has 0 rings (SSSR count). The summed E-state index contributed by atoms with van der Waals surface area (Å²) in [6.07, 6.45) is 33.1. The third-order valence-electron chi connectivity index (χ3n) is 9.66. The molecule has 7 nitrogen and oxygen atoms in total. The van der Waals surface area contributed by atoms with Gasteiger partial charge in [-0.3, -0.25) is 4.79 Å². The summed E-state index contributed by atoms with van der Waals surface area (Å²) in [5, 5.41) is 9.25. The van der Waals surface area contributed by atoms with Crippen LogP contribution in [0, 0.1) is 0 Å². The number of carbonyl (C=O) groups is 2. The van der Waals surface area contributed by atoms with Crippen LogP contribution in [0.15, 0.2) is 0 Å². The minimum atomic E-state index is -0.112. The summed E-state index contributed by atoms with van der Waals surface area (Å²) in [7, 11) is 0. The fourth-order valence-corrected chi connectivity index (χ4v) is 6.38. The topological polar surface area (TPSA) is 79.3 Å². The maximum Gasteiger partial charge on any atom is 0.409 e. The number of ether oxygens (including phenoxy) is 2. The van der Waals surface area contributed by atoms with E-state index in [2.05, 4.69) is 25.7 Å². The number of amides is 1. The van der Waals surface area contributed by atoms with Crippen LogP contribution in [0.1, 0.15) is 207 Å². The molecule has 0 aromatic heterocycles. The van der Waals surface area contributed by atoms with Gasteiger partial charge in [-0.2, -0.15) is 0 Å². The lowest BCUT2D eigenvalue weighted by atomic mass is 10.1. The summed E-state index contributed by atoms with van der Waals surface area (Å²) in [6, 6.07) is 0. The number of aliphatic hydroxyl groups is 1. The Bertz CT molecular complexity index is 692. The number of nitrogens with zero attached hydrogens (tertiary/aromatic N) is 2. The minimum Gasteiger partial charge on any atom is -0.466 e. The van der Waals surface area contributed by atoms with E-state index < -0.39 is 0 Å². The molecular weight excluding hydrogens is 612 g/mol.